The molecule has 20 heavy (non-hydrogen) atoms. The molecule has 4 nitrogen and oxygen atoms in total. The fourth-order valence-electron chi connectivity index (χ4n) is 2.02. The van der Waals surface area contributed by atoms with Gasteiger partial charge in [-0.1, -0.05) is 18.2 Å². The maximum Gasteiger partial charge on any atom is 0.226 e. The molecule has 1 atom stereocenters. The molecule has 0 aliphatic carbocycles. The van der Waals surface area contributed by atoms with Crippen molar-refractivity contribution in [2.45, 2.75) is 32.9 Å². The molecule has 2 aromatic rings. The lowest BCUT2D eigenvalue weighted by atomic mass is 10.2. The van der Waals surface area contributed by atoms with Crippen molar-refractivity contribution >= 4 is 0 Å². The molecular weight excluding hydrogens is 252 g/mol. The number of aryl methyl sites for hydroxylation is 1. The van der Waals surface area contributed by atoms with Crippen LogP contribution < -0.4 is 0 Å². The van der Waals surface area contributed by atoms with Gasteiger partial charge < -0.3 is 14.4 Å². The Hall–Kier alpha value is -1.65. The molecular formula is C16H22N2O2. The Balaban J connectivity index is 2.05. The zero-order valence-corrected chi connectivity index (χ0v) is 12.3. The third-order valence-corrected chi connectivity index (χ3v) is 3.26. The number of hydrogen-bond acceptors (Lipinski definition) is 4. The summed E-state index contributed by atoms with van der Waals surface area (Å²) in [6.07, 6.45) is 0.495. The summed E-state index contributed by atoms with van der Waals surface area (Å²) in [5, 5.41) is 9.31. The molecule has 2 rings (SSSR count). The number of aromatic nitrogens is 1. The van der Waals surface area contributed by atoms with Crippen LogP contribution in [0.1, 0.15) is 24.8 Å². The van der Waals surface area contributed by atoms with E-state index in [0.717, 1.165) is 36.5 Å². The van der Waals surface area contributed by atoms with Gasteiger partial charge in [-0.05, 0) is 39.4 Å². The minimum Gasteiger partial charge on any atom is -0.441 e. The minimum atomic E-state index is -0.268. The van der Waals surface area contributed by atoms with E-state index in [2.05, 4.69) is 9.88 Å². The molecule has 4 heteroatoms. The van der Waals surface area contributed by atoms with Gasteiger partial charge in [0.25, 0.3) is 0 Å². The van der Waals surface area contributed by atoms with Crippen LogP contribution in [0.4, 0.5) is 0 Å². The highest BCUT2D eigenvalue weighted by molar-refractivity contribution is 5.53. The van der Waals surface area contributed by atoms with E-state index in [0.29, 0.717) is 5.89 Å². The van der Waals surface area contributed by atoms with Crippen molar-refractivity contribution in [3.8, 4) is 11.5 Å². The number of rotatable bonds is 6. The van der Waals surface area contributed by atoms with Gasteiger partial charge in [0.05, 0.1) is 11.8 Å². The second-order valence-corrected chi connectivity index (χ2v) is 5.26. The zero-order chi connectivity index (χ0) is 14.5. The molecule has 1 N–H and O–H groups in total. The Morgan fingerprint density at radius 3 is 2.65 bits per heavy atom. The summed E-state index contributed by atoms with van der Waals surface area (Å²) in [5.74, 6) is 1.52. The van der Waals surface area contributed by atoms with Gasteiger partial charge in [-0.3, -0.25) is 0 Å². The van der Waals surface area contributed by atoms with Crippen molar-refractivity contribution in [2.24, 2.45) is 0 Å². The molecule has 0 radical (unpaired) electrons. The Bertz CT molecular complexity index is 535. The van der Waals surface area contributed by atoms with Crippen LogP contribution in [-0.2, 0) is 6.54 Å². The van der Waals surface area contributed by atoms with Crippen molar-refractivity contribution in [1.29, 1.82) is 0 Å². The minimum absolute atomic E-state index is 0.268. The predicted molar refractivity (Wildman–Crippen MR) is 79.3 cm³/mol. The SMILES string of the molecule is Cc1oc(-c2ccccc2)nc1CN(C)CCC(C)O. The van der Waals surface area contributed by atoms with E-state index >= 15 is 0 Å². The van der Waals surface area contributed by atoms with Gasteiger partial charge in [-0.25, -0.2) is 4.98 Å². The largest absolute Gasteiger partial charge is 0.441 e. The summed E-state index contributed by atoms with van der Waals surface area (Å²) in [7, 11) is 2.03. The summed E-state index contributed by atoms with van der Waals surface area (Å²) in [6, 6.07) is 9.91. The van der Waals surface area contributed by atoms with Gasteiger partial charge in [-0.15, -0.1) is 0 Å². The van der Waals surface area contributed by atoms with E-state index in [-0.39, 0.29) is 6.10 Å². The van der Waals surface area contributed by atoms with Gasteiger partial charge in [0.1, 0.15) is 5.76 Å². The fourth-order valence-corrected chi connectivity index (χ4v) is 2.02. The smallest absolute Gasteiger partial charge is 0.226 e. The molecule has 0 fully saturated rings. The number of aliphatic hydroxyl groups is 1. The standard InChI is InChI=1S/C16H22N2O2/c1-12(19)9-10-18(3)11-15-13(2)20-16(17-15)14-7-5-4-6-8-14/h4-8,12,19H,9-11H2,1-3H3. The first kappa shape index (κ1) is 14.8. The average Bonchev–Trinajstić information content (AvgIpc) is 2.79. The second-order valence-electron chi connectivity index (χ2n) is 5.26. The normalized spacial score (nSPS) is 12.8. The average molecular weight is 274 g/mol. The summed E-state index contributed by atoms with van der Waals surface area (Å²) >= 11 is 0. The van der Waals surface area contributed by atoms with Gasteiger partial charge in [-0.2, -0.15) is 0 Å². The van der Waals surface area contributed by atoms with Gasteiger partial charge >= 0.3 is 0 Å². The summed E-state index contributed by atoms with van der Waals surface area (Å²) in [4.78, 5) is 6.72. The molecule has 1 unspecified atom stereocenters. The monoisotopic (exact) mass is 274 g/mol. The number of benzene rings is 1. The van der Waals surface area contributed by atoms with Crippen LogP contribution in [0.2, 0.25) is 0 Å². The highest BCUT2D eigenvalue weighted by atomic mass is 16.4. The van der Waals surface area contributed by atoms with Gasteiger partial charge in [0.2, 0.25) is 5.89 Å². The maximum absolute atomic E-state index is 9.31. The summed E-state index contributed by atoms with van der Waals surface area (Å²) < 4.78 is 5.74. The van der Waals surface area contributed by atoms with Crippen molar-refractivity contribution in [2.75, 3.05) is 13.6 Å². The molecule has 0 spiro atoms. The molecule has 0 saturated heterocycles. The van der Waals surface area contributed by atoms with Crippen molar-refractivity contribution in [3.63, 3.8) is 0 Å². The van der Waals surface area contributed by atoms with Crippen LogP contribution in [0.3, 0.4) is 0 Å². The highest BCUT2D eigenvalue weighted by Gasteiger charge is 2.13. The number of aliphatic hydroxyl groups excluding tert-OH is 1. The van der Waals surface area contributed by atoms with E-state index in [1.54, 1.807) is 0 Å². The molecule has 0 aliphatic rings. The second kappa shape index (κ2) is 6.68. The van der Waals surface area contributed by atoms with Crippen LogP contribution in [0.25, 0.3) is 11.5 Å². The lowest BCUT2D eigenvalue weighted by Crippen LogP contribution is -2.22. The Labute approximate surface area is 120 Å². The van der Waals surface area contributed by atoms with E-state index in [9.17, 15) is 5.11 Å². The zero-order valence-electron chi connectivity index (χ0n) is 12.3. The topological polar surface area (TPSA) is 49.5 Å². The first-order valence-corrected chi connectivity index (χ1v) is 6.94. The van der Waals surface area contributed by atoms with Gasteiger partial charge in [0.15, 0.2) is 0 Å². The van der Waals surface area contributed by atoms with E-state index < -0.39 is 0 Å². The van der Waals surface area contributed by atoms with Crippen molar-refractivity contribution < 1.29 is 9.52 Å². The molecule has 1 aromatic heterocycles. The van der Waals surface area contributed by atoms with E-state index in [4.69, 9.17) is 4.42 Å². The molecule has 0 bridgehead atoms. The van der Waals surface area contributed by atoms with Crippen molar-refractivity contribution in [1.82, 2.24) is 9.88 Å². The van der Waals surface area contributed by atoms with Crippen LogP contribution >= 0.6 is 0 Å². The van der Waals surface area contributed by atoms with Gasteiger partial charge in [0, 0.05) is 18.7 Å². The predicted octanol–water partition coefficient (Wildman–Crippen LogP) is 2.85. The Kier molecular flexibility index (Phi) is 4.93. The molecule has 108 valence electrons. The first-order valence-electron chi connectivity index (χ1n) is 6.94. The number of oxazole rings is 1. The van der Waals surface area contributed by atoms with E-state index in [1.165, 1.54) is 0 Å². The molecule has 1 aromatic carbocycles. The van der Waals surface area contributed by atoms with Crippen molar-refractivity contribution in [3.05, 3.63) is 41.8 Å². The lowest BCUT2D eigenvalue weighted by Gasteiger charge is -2.16. The fraction of sp³-hybridized carbons (Fsp3) is 0.438. The van der Waals surface area contributed by atoms with Crippen LogP contribution in [0.15, 0.2) is 34.7 Å². The molecule has 0 saturated carbocycles. The van der Waals surface area contributed by atoms with E-state index in [1.807, 2.05) is 51.2 Å². The Morgan fingerprint density at radius 1 is 1.30 bits per heavy atom. The first-order chi connectivity index (χ1) is 9.56. The lowest BCUT2D eigenvalue weighted by molar-refractivity contribution is 0.162. The summed E-state index contributed by atoms with van der Waals surface area (Å²) in [6.45, 7) is 5.32. The number of hydrogen-bond donors (Lipinski definition) is 1. The maximum atomic E-state index is 9.31. The quantitative estimate of drug-likeness (QED) is 0.880. The third-order valence-electron chi connectivity index (χ3n) is 3.26. The number of nitrogens with zero attached hydrogens (tertiary/aromatic N) is 2. The molecule has 0 amide bonds. The van der Waals surface area contributed by atoms with Crippen LogP contribution in [-0.4, -0.2) is 34.7 Å². The van der Waals surface area contributed by atoms with Crippen LogP contribution in [0.5, 0.6) is 0 Å². The Morgan fingerprint density at radius 2 is 2.00 bits per heavy atom. The highest BCUT2D eigenvalue weighted by Crippen LogP contribution is 2.22. The molecule has 1 heterocycles. The van der Waals surface area contributed by atoms with Crippen LogP contribution in [0, 0.1) is 6.92 Å². The third kappa shape index (κ3) is 3.92. The molecule has 0 aliphatic heterocycles. The summed E-state index contributed by atoms with van der Waals surface area (Å²) in [5.41, 5.74) is 1.95.